The van der Waals surface area contributed by atoms with Gasteiger partial charge >= 0.3 is 0 Å². The largest absolute Gasteiger partial charge is 0.384 e. The van der Waals surface area contributed by atoms with Gasteiger partial charge in [0.1, 0.15) is 10.8 Å². The molecule has 1 saturated heterocycles. The van der Waals surface area contributed by atoms with Crippen LogP contribution in [0.25, 0.3) is 22.2 Å². The number of anilines is 2. The van der Waals surface area contributed by atoms with E-state index in [2.05, 4.69) is 91.7 Å². The van der Waals surface area contributed by atoms with Crippen molar-refractivity contribution in [1.82, 2.24) is 10.3 Å². The highest BCUT2D eigenvalue weighted by Gasteiger charge is 2.19. The van der Waals surface area contributed by atoms with Gasteiger partial charge in [0.15, 0.2) is 0 Å². The van der Waals surface area contributed by atoms with Crippen molar-refractivity contribution in [2.75, 3.05) is 36.4 Å². The van der Waals surface area contributed by atoms with Crippen LogP contribution in [0.3, 0.4) is 0 Å². The van der Waals surface area contributed by atoms with Gasteiger partial charge in [-0.1, -0.05) is 30.3 Å². The first kappa shape index (κ1) is 22.0. The van der Waals surface area contributed by atoms with Gasteiger partial charge in [-0.2, -0.15) is 0 Å². The molecule has 2 heterocycles. The molecule has 0 aliphatic carbocycles. The Hall–Kier alpha value is -3.86. The molecule has 4 aromatic rings. The van der Waals surface area contributed by atoms with E-state index in [-0.39, 0.29) is 0 Å². The minimum atomic E-state index is 0.565. The summed E-state index contributed by atoms with van der Waals surface area (Å²) >= 11 is 0. The van der Waals surface area contributed by atoms with E-state index in [0.717, 1.165) is 50.4 Å². The van der Waals surface area contributed by atoms with Gasteiger partial charge in [-0.15, -0.1) is 0 Å². The second kappa shape index (κ2) is 10.4. The van der Waals surface area contributed by atoms with Crippen molar-refractivity contribution >= 4 is 34.7 Å². The molecule has 0 unspecified atom stereocenters. The van der Waals surface area contributed by atoms with Gasteiger partial charge in [-0.3, -0.25) is 0 Å². The van der Waals surface area contributed by atoms with Crippen molar-refractivity contribution in [3.8, 4) is 11.3 Å². The zero-order valence-electron chi connectivity index (χ0n) is 19.4. The highest BCUT2D eigenvalue weighted by atomic mass is 15.1. The summed E-state index contributed by atoms with van der Waals surface area (Å²) in [6, 6.07) is 28.1. The lowest BCUT2D eigenvalue weighted by molar-refractivity contribution is -0.0631. The number of rotatable bonds is 8. The highest BCUT2D eigenvalue weighted by Crippen LogP contribution is 2.28. The molecule has 0 radical (unpaired) electrons. The number of aromatic amines is 1. The minimum absolute atomic E-state index is 0.565. The van der Waals surface area contributed by atoms with Crippen molar-refractivity contribution < 1.29 is 4.79 Å². The molecule has 172 valence electrons. The van der Waals surface area contributed by atoms with E-state index >= 15 is 0 Å². The first-order valence-corrected chi connectivity index (χ1v) is 12.0. The Labute approximate surface area is 200 Å². The summed E-state index contributed by atoms with van der Waals surface area (Å²) in [5.41, 5.74) is 6.81. The van der Waals surface area contributed by atoms with Crippen LogP contribution in [0.2, 0.25) is 0 Å². The topological polar surface area (TPSA) is 69.6 Å². The van der Waals surface area contributed by atoms with Crippen LogP contribution in [0.5, 0.6) is 0 Å². The van der Waals surface area contributed by atoms with Crippen molar-refractivity contribution in [2.45, 2.75) is 18.9 Å². The molecule has 1 fully saturated rings. The zero-order valence-corrected chi connectivity index (χ0v) is 19.4. The first-order valence-electron chi connectivity index (χ1n) is 12.0. The third-order valence-corrected chi connectivity index (χ3v) is 6.49. The molecule has 0 amide bonds. The fraction of sp³-hybridized carbons (Fsp3) is 0.250. The summed E-state index contributed by atoms with van der Waals surface area (Å²) in [7, 11) is 0. The lowest BCUT2D eigenvalue weighted by atomic mass is 10.0. The smallest absolute Gasteiger partial charge is 0.296 e. The summed E-state index contributed by atoms with van der Waals surface area (Å²) in [5, 5.41) is 12.3. The Morgan fingerprint density at radius 1 is 0.941 bits per heavy atom. The minimum Gasteiger partial charge on any atom is -0.384 e. The zero-order chi connectivity index (χ0) is 23.2. The molecule has 0 bridgehead atoms. The van der Waals surface area contributed by atoms with Gasteiger partial charge < -0.3 is 20.5 Å². The van der Waals surface area contributed by atoms with Gasteiger partial charge in [-0.25, -0.2) is 0 Å². The Morgan fingerprint density at radius 3 is 2.56 bits per heavy atom. The Morgan fingerprint density at radius 2 is 1.76 bits per heavy atom. The molecule has 0 spiro atoms. The van der Waals surface area contributed by atoms with E-state index < -0.39 is 0 Å². The SMILES string of the molecule is C=[N+]=Nc1ccc(NCCNC2CCN(c3cccc(-c4cc5ccccc5[nH]4)c3)CC2)cc1. The summed E-state index contributed by atoms with van der Waals surface area (Å²) < 4.78 is 0. The fourth-order valence-corrected chi connectivity index (χ4v) is 4.65. The van der Waals surface area contributed by atoms with Crippen molar-refractivity contribution in [3.63, 3.8) is 0 Å². The molecule has 6 heteroatoms. The van der Waals surface area contributed by atoms with Crippen LogP contribution in [-0.4, -0.2) is 48.7 Å². The Balaban J connectivity index is 1.10. The second-order valence-electron chi connectivity index (χ2n) is 8.75. The standard InChI is InChI=1S/C28H30N6/c1-29-33-25-11-9-23(10-12-25)30-15-16-31-24-13-17-34(18-14-24)26-7-4-6-21(19-26)28-20-22-5-2-3-8-27(22)32-28/h2-12,19-20,24,31-32H,1,13-18H2/p+1. The third kappa shape index (κ3) is 5.20. The summed E-state index contributed by atoms with van der Waals surface area (Å²) in [5.74, 6) is 0. The maximum Gasteiger partial charge on any atom is 0.296 e. The Bertz CT molecular complexity index is 1240. The van der Waals surface area contributed by atoms with Gasteiger partial charge in [0.25, 0.3) is 6.72 Å². The van der Waals surface area contributed by atoms with E-state index in [0.29, 0.717) is 6.04 Å². The maximum absolute atomic E-state index is 3.93. The molecule has 1 aliphatic rings. The number of hydrogen-bond acceptors (Lipinski definition) is 4. The Kier molecular flexibility index (Phi) is 6.71. The molecule has 0 atom stereocenters. The van der Waals surface area contributed by atoms with Crippen LogP contribution in [0.1, 0.15) is 12.8 Å². The molecule has 34 heavy (non-hydrogen) atoms. The van der Waals surface area contributed by atoms with Gasteiger partial charge in [-0.05, 0) is 66.9 Å². The molecular weight excluding hydrogens is 420 g/mol. The van der Waals surface area contributed by atoms with Crippen molar-refractivity contribution in [2.24, 2.45) is 5.11 Å². The van der Waals surface area contributed by atoms with Crippen molar-refractivity contribution in [3.05, 3.63) is 78.9 Å². The van der Waals surface area contributed by atoms with Crippen LogP contribution >= 0.6 is 0 Å². The number of benzene rings is 3. The number of hydrogen-bond donors (Lipinski definition) is 3. The molecule has 6 nitrogen and oxygen atoms in total. The number of H-pyrrole nitrogens is 1. The molecule has 1 aliphatic heterocycles. The third-order valence-electron chi connectivity index (χ3n) is 6.49. The molecule has 3 N–H and O–H groups in total. The average molecular weight is 452 g/mol. The molecule has 1 aromatic heterocycles. The predicted octanol–water partition coefficient (Wildman–Crippen LogP) is 5.50. The summed E-state index contributed by atoms with van der Waals surface area (Å²) in [6.45, 7) is 7.37. The van der Waals surface area contributed by atoms with Gasteiger partial charge in [0.05, 0.1) is 0 Å². The van der Waals surface area contributed by atoms with E-state index in [1.54, 1.807) is 0 Å². The van der Waals surface area contributed by atoms with Crippen LogP contribution in [0.15, 0.2) is 84.0 Å². The van der Waals surface area contributed by atoms with Gasteiger partial charge in [0, 0.05) is 65.0 Å². The fourth-order valence-electron chi connectivity index (χ4n) is 4.65. The second-order valence-corrected chi connectivity index (χ2v) is 8.75. The maximum atomic E-state index is 3.93. The van der Waals surface area contributed by atoms with Crippen LogP contribution in [-0.2, 0) is 0 Å². The first-order chi connectivity index (χ1) is 16.8. The molecule has 0 saturated carbocycles. The normalized spacial score (nSPS) is 14.2. The van der Waals surface area contributed by atoms with E-state index in [1.807, 2.05) is 24.3 Å². The van der Waals surface area contributed by atoms with E-state index in [9.17, 15) is 0 Å². The number of nitrogens with zero attached hydrogens (tertiary/aromatic N) is 3. The number of fused-ring (bicyclic) bond motifs is 1. The molecule has 3 aromatic carbocycles. The van der Waals surface area contributed by atoms with E-state index in [1.165, 1.54) is 27.8 Å². The summed E-state index contributed by atoms with van der Waals surface area (Å²) in [4.78, 5) is 9.61. The quantitative estimate of drug-likeness (QED) is 0.143. The monoisotopic (exact) mass is 451 g/mol. The van der Waals surface area contributed by atoms with Gasteiger partial charge in [0.2, 0.25) is 0 Å². The van der Waals surface area contributed by atoms with Crippen LogP contribution < -0.4 is 15.5 Å². The van der Waals surface area contributed by atoms with Crippen LogP contribution in [0.4, 0.5) is 17.1 Å². The molecular formula is C28H31N6+. The average Bonchev–Trinajstić information content (AvgIpc) is 3.33. The number of aromatic nitrogens is 1. The van der Waals surface area contributed by atoms with Crippen LogP contribution in [0, 0.1) is 0 Å². The van der Waals surface area contributed by atoms with E-state index in [4.69, 9.17) is 0 Å². The lowest BCUT2D eigenvalue weighted by Crippen LogP contribution is -2.43. The predicted molar refractivity (Wildman–Crippen MR) is 141 cm³/mol. The highest BCUT2D eigenvalue weighted by molar-refractivity contribution is 5.86. The number of para-hydroxylation sites is 1. The lowest BCUT2D eigenvalue weighted by Gasteiger charge is -2.34. The summed E-state index contributed by atoms with van der Waals surface area (Å²) in [6.07, 6.45) is 2.31. The van der Waals surface area contributed by atoms with Crippen molar-refractivity contribution in [1.29, 1.82) is 0 Å². The number of nitrogens with one attached hydrogen (secondary N) is 3. The number of piperidine rings is 1. The molecule has 5 rings (SSSR count).